The predicted octanol–water partition coefficient (Wildman–Crippen LogP) is 32.6. The first-order valence-electron chi connectivity index (χ1n) is 45.1. The van der Waals surface area contributed by atoms with E-state index in [2.05, 4.69) is 41.5 Å². The zero-order chi connectivity index (χ0) is 66.6. The first-order valence-corrected chi connectivity index (χ1v) is 45.1. The average Bonchev–Trinajstić information content (AvgIpc) is 1.78. The molecule has 18 aliphatic rings. The summed E-state index contributed by atoms with van der Waals surface area (Å²) >= 11 is 0. The zero-order valence-corrected chi connectivity index (χ0v) is 66.6. The molecule has 0 heteroatoms. The van der Waals surface area contributed by atoms with Crippen LogP contribution in [0.15, 0.2) is 0 Å². The molecule has 18 aliphatic carbocycles. The van der Waals surface area contributed by atoms with E-state index in [9.17, 15) is 0 Å². The van der Waals surface area contributed by atoms with E-state index in [1.165, 1.54) is 193 Å². The van der Waals surface area contributed by atoms with Crippen LogP contribution in [0.1, 0.15) is 507 Å². The Kier molecular flexibility index (Phi) is 34.5. The molecule has 0 aromatic heterocycles. The van der Waals surface area contributed by atoms with E-state index < -0.39 is 0 Å². The Morgan fingerprint density at radius 2 is 0.258 bits per heavy atom. The molecule has 0 unspecified atom stereocenters. The van der Waals surface area contributed by atoms with Crippen molar-refractivity contribution in [3.8, 4) is 0 Å². The monoisotopic (exact) mass is 1290 g/mol. The van der Waals surface area contributed by atoms with E-state index in [4.69, 9.17) is 0 Å². The summed E-state index contributed by atoms with van der Waals surface area (Å²) in [6.07, 6.45) is 102. The molecular formula is C93H174. The third-order valence-electron chi connectivity index (χ3n) is 31.3. The lowest BCUT2D eigenvalue weighted by Crippen LogP contribution is -2.41. The van der Waals surface area contributed by atoms with E-state index in [1.807, 2.05) is 41.5 Å². The molecule has 0 saturated heterocycles. The largest absolute Gasteiger partial charge is 0.0683 e. The van der Waals surface area contributed by atoms with Crippen LogP contribution in [0.3, 0.4) is 0 Å². The maximum Gasteiger partial charge on any atom is -0.0292 e. The van der Waals surface area contributed by atoms with Gasteiger partial charge in [0.2, 0.25) is 0 Å². The van der Waals surface area contributed by atoms with E-state index in [0.29, 0.717) is 0 Å². The van der Waals surface area contributed by atoms with Gasteiger partial charge in [0.05, 0.1) is 0 Å². The summed E-state index contributed by atoms with van der Waals surface area (Å²) in [4.78, 5) is 0. The van der Waals surface area contributed by atoms with E-state index in [1.54, 1.807) is 231 Å². The molecule has 18 saturated carbocycles. The minimum Gasteiger partial charge on any atom is -0.0683 e. The van der Waals surface area contributed by atoms with Crippen molar-refractivity contribution in [2.75, 3.05) is 0 Å². The Labute approximate surface area is 587 Å². The van der Waals surface area contributed by atoms with Crippen LogP contribution in [0.2, 0.25) is 0 Å². The van der Waals surface area contributed by atoms with Crippen molar-refractivity contribution in [2.24, 2.45) is 84.2 Å². The Morgan fingerprint density at radius 3 is 0.387 bits per heavy atom. The summed E-state index contributed by atoms with van der Waals surface area (Å²) in [5, 5.41) is 0. The van der Waals surface area contributed by atoms with Crippen molar-refractivity contribution in [1.29, 1.82) is 0 Å². The van der Waals surface area contributed by atoms with Crippen molar-refractivity contribution in [2.45, 2.75) is 507 Å². The lowest BCUT2D eigenvalue weighted by molar-refractivity contribution is -0.0161. The minimum absolute atomic E-state index is 0.845. The van der Waals surface area contributed by atoms with Crippen molar-refractivity contribution in [3.63, 3.8) is 0 Å². The van der Waals surface area contributed by atoms with Crippen LogP contribution in [-0.4, -0.2) is 0 Å². The van der Waals surface area contributed by atoms with Crippen LogP contribution < -0.4 is 0 Å². The van der Waals surface area contributed by atoms with Crippen LogP contribution in [0.4, 0.5) is 0 Å². The molecule has 0 aliphatic heterocycles. The maximum atomic E-state index is 2.43. The minimum atomic E-state index is 0.845. The maximum absolute atomic E-state index is 2.43. The van der Waals surface area contributed by atoms with E-state index in [0.717, 1.165) is 84.2 Å². The molecule has 0 N–H and O–H groups in total. The van der Waals surface area contributed by atoms with Crippen LogP contribution in [-0.2, 0) is 0 Å². The van der Waals surface area contributed by atoms with Crippen LogP contribution in [0.5, 0.6) is 0 Å². The third kappa shape index (κ3) is 24.6. The second-order valence-electron chi connectivity index (χ2n) is 39.1. The highest BCUT2D eigenvalue weighted by Crippen LogP contribution is 2.60. The van der Waals surface area contributed by atoms with Gasteiger partial charge in [-0.15, -0.1) is 0 Å². The molecule has 0 nitrogen and oxygen atoms in total. The smallest absolute Gasteiger partial charge is 0.0292 e. The molecule has 3 atom stereocenters. The SMILES string of the molecule is C1CCC2(CC1)CCC2.C1CCC2(CC1)CCCC2.C1CCC2(CC1)CCCCC2.CC.CC.CC.CC1CC2(CCC2)C1.CC1CC2(CCCC2)C1.CC1CC2(CCCCC2)C1.C[C@@H]1CCC2(CCC2)C1.C[C@@H]1CCC2(CCCC2)C1.C[C@@H]1CCC2(CCCCC2)C1. The molecular weight excluding hydrogens is 1120 g/mol. The number of hydrogen-bond donors (Lipinski definition) is 0. The molecule has 0 amide bonds. The fraction of sp³-hybridized carbons (Fsp3) is 1.00. The Bertz CT molecular complexity index is 1760. The molecule has 0 heterocycles. The summed E-state index contributed by atoms with van der Waals surface area (Å²) in [6, 6.07) is 0. The van der Waals surface area contributed by atoms with Gasteiger partial charge in [0.15, 0.2) is 0 Å². The Morgan fingerprint density at radius 1 is 0.129 bits per heavy atom. The van der Waals surface area contributed by atoms with Crippen molar-refractivity contribution in [3.05, 3.63) is 0 Å². The average molecular weight is 1290 g/mol. The van der Waals surface area contributed by atoms with Crippen LogP contribution in [0.25, 0.3) is 0 Å². The topological polar surface area (TPSA) is 0 Å². The predicted molar refractivity (Wildman–Crippen MR) is 416 cm³/mol. The molecule has 93 heavy (non-hydrogen) atoms. The van der Waals surface area contributed by atoms with Gasteiger partial charge in [0.1, 0.15) is 0 Å². The van der Waals surface area contributed by atoms with E-state index in [-0.39, 0.29) is 0 Å². The highest BCUT2D eigenvalue weighted by Gasteiger charge is 2.47. The summed E-state index contributed by atoms with van der Waals surface area (Å²) in [5.41, 5.74) is 7.90. The van der Waals surface area contributed by atoms with Gasteiger partial charge >= 0.3 is 0 Å². The molecule has 18 rings (SSSR count). The first-order chi connectivity index (χ1) is 45.1. The first kappa shape index (κ1) is 80.3. The van der Waals surface area contributed by atoms with Gasteiger partial charge in [0, 0.05) is 0 Å². The second kappa shape index (κ2) is 40.0. The summed E-state index contributed by atoms with van der Waals surface area (Å²) in [5.74, 6) is 6.30. The number of hydrogen-bond acceptors (Lipinski definition) is 0. The molecule has 546 valence electrons. The standard InChI is InChI=1S/2C11H20.3C10H18.3C9H16.C8H14.3C2H6/c1-10-5-8-11(9-10)6-3-2-4-7-11;1-3-7-11(8-4-1)9-5-2-6-10-11;1-9-4-7-10(8-9)5-2-3-6-10;1-9-7-10(8-9)5-3-2-4-6-10;1-2-6-10(7-3-1)8-4-5-9-10;1-8-3-6-9(7-8)4-2-5-9;1-8-6-9(7-8)4-2-3-5-9;1-2-5-9(6-3-1)7-4-8-9;1-7-5-8(6-7)3-2-4-8;3*1-2/h10H,2-9H2,1H3;1-10H2;2*9H,2-8H2,1H3;1-9H2;2*8H,2-7H2,1H3;1-8H2;7H,2-6H2,1H3;3*1-2H3/t10-;;9-;;;8-;;;;;;/m1.1..1....../s1. The van der Waals surface area contributed by atoms with Gasteiger partial charge in [0.25, 0.3) is 0 Å². The zero-order valence-electron chi connectivity index (χ0n) is 66.6. The van der Waals surface area contributed by atoms with E-state index >= 15 is 0 Å². The molecule has 0 aromatic rings. The quantitative estimate of drug-likeness (QED) is 0.227. The number of rotatable bonds is 0. The highest BCUT2D eigenvalue weighted by molar-refractivity contribution is 4.99. The van der Waals surface area contributed by atoms with Crippen molar-refractivity contribution < 1.29 is 0 Å². The van der Waals surface area contributed by atoms with Gasteiger partial charge < -0.3 is 0 Å². The summed E-state index contributed by atoms with van der Waals surface area (Å²) in [7, 11) is 0. The Balaban J connectivity index is 0.000000147. The van der Waals surface area contributed by atoms with Gasteiger partial charge in [-0.1, -0.05) is 276 Å². The fourth-order valence-corrected chi connectivity index (χ4v) is 26.0. The fourth-order valence-electron chi connectivity index (χ4n) is 26.0. The Hall–Kier alpha value is 0. The highest BCUT2D eigenvalue weighted by atomic mass is 14.5. The lowest BCUT2D eigenvalue weighted by Gasteiger charge is -2.53. The van der Waals surface area contributed by atoms with Crippen LogP contribution in [0, 0.1) is 84.2 Å². The molecule has 0 aromatic carbocycles. The van der Waals surface area contributed by atoms with Gasteiger partial charge in [-0.3, -0.25) is 0 Å². The molecule has 0 bridgehead atoms. The second-order valence-corrected chi connectivity index (χ2v) is 39.1. The lowest BCUT2D eigenvalue weighted by atomic mass is 9.52. The molecule has 18 fully saturated rings. The summed E-state index contributed by atoms with van der Waals surface area (Å²) < 4.78 is 0. The summed E-state index contributed by atoms with van der Waals surface area (Å²) in [6.45, 7) is 26.4. The van der Waals surface area contributed by atoms with Gasteiger partial charge in [-0.25, -0.2) is 0 Å². The van der Waals surface area contributed by atoms with Gasteiger partial charge in [-0.05, 0) is 315 Å². The van der Waals surface area contributed by atoms with Crippen molar-refractivity contribution in [1.82, 2.24) is 0 Å². The molecule has 0 radical (unpaired) electrons. The molecule has 9 spiro atoms. The van der Waals surface area contributed by atoms with Crippen molar-refractivity contribution >= 4 is 0 Å². The normalized spacial score (nSPS) is 33.1. The third-order valence-corrected chi connectivity index (χ3v) is 31.3. The van der Waals surface area contributed by atoms with Crippen LogP contribution >= 0.6 is 0 Å². The van der Waals surface area contributed by atoms with Gasteiger partial charge in [-0.2, -0.15) is 0 Å².